The molecule has 35 heavy (non-hydrogen) atoms. The molecule has 2 fully saturated rings. The lowest BCUT2D eigenvalue weighted by atomic mass is 9.66. The molecule has 3 unspecified atom stereocenters. The molecule has 3 aliphatic heterocycles. The van der Waals surface area contributed by atoms with E-state index in [9.17, 15) is 19.5 Å². The third-order valence-corrected chi connectivity index (χ3v) is 7.65. The zero-order valence-corrected chi connectivity index (χ0v) is 19.4. The van der Waals surface area contributed by atoms with E-state index in [4.69, 9.17) is 9.84 Å². The van der Waals surface area contributed by atoms with Gasteiger partial charge in [0, 0.05) is 13.0 Å². The summed E-state index contributed by atoms with van der Waals surface area (Å²) in [5.74, 6) is -4.11. The summed E-state index contributed by atoms with van der Waals surface area (Å²) < 4.78 is 36.9. The summed E-state index contributed by atoms with van der Waals surface area (Å²) in [6.07, 6.45) is -2.82. The van der Waals surface area contributed by atoms with Gasteiger partial charge in [-0.2, -0.15) is 0 Å². The van der Waals surface area contributed by atoms with Crippen LogP contribution in [0, 0.1) is 17.0 Å². The number of amides is 4. The molecule has 186 valence electrons. The van der Waals surface area contributed by atoms with Gasteiger partial charge in [-0.25, -0.2) is 13.6 Å². The van der Waals surface area contributed by atoms with Gasteiger partial charge in [0.15, 0.2) is 22.1 Å². The minimum atomic E-state index is -1.85. The van der Waals surface area contributed by atoms with Crippen molar-refractivity contribution in [3.63, 3.8) is 0 Å². The standard InChI is InChI=1S/C21H21F2N5O6S/c1-7-5-28-14-9(3-10(12(22)13(14)23)16-26-27-17(35-16)11(30)6-29)4-21(15(28)8(2)34-7)18(31)24-20(33)25-19(21)32/h3,7-8,11,15,29-30H,4-6H2,1-2H3,(H2,24,25,31,32,33)/t7?,8?,11-,15?/m0/s1. The van der Waals surface area contributed by atoms with Gasteiger partial charge in [-0.15, -0.1) is 10.2 Å². The summed E-state index contributed by atoms with van der Waals surface area (Å²) in [4.78, 5) is 39.6. The van der Waals surface area contributed by atoms with Crippen LogP contribution in [0.5, 0.6) is 0 Å². The number of morpholine rings is 1. The summed E-state index contributed by atoms with van der Waals surface area (Å²) in [5.41, 5.74) is -2.05. The molecule has 0 bridgehead atoms. The Morgan fingerprint density at radius 2 is 1.91 bits per heavy atom. The third-order valence-electron chi connectivity index (χ3n) is 6.60. The average Bonchev–Trinajstić information content (AvgIpc) is 3.28. The summed E-state index contributed by atoms with van der Waals surface area (Å²) in [7, 11) is 0. The molecule has 14 heteroatoms. The predicted octanol–water partition coefficient (Wildman–Crippen LogP) is 0.400. The van der Waals surface area contributed by atoms with Crippen LogP contribution in [0.15, 0.2) is 6.07 Å². The number of aromatic nitrogens is 2. The van der Waals surface area contributed by atoms with Crippen molar-refractivity contribution in [1.29, 1.82) is 0 Å². The van der Waals surface area contributed by atoms with Gasteiger partial charge in [-0.05, 0) is 25.5 Å². The maximum Gasteiger partial charge on any atom is 0.328 e. The number of imide groups is 2. The fourth-order valence-corrected chi connectivity index (χ4v) is 6.08. The molecule has 2 aromatic rings. The molecular formula is C21H21F2N5O6S. The van der Waals surface area contributed by atoms with Crippen molar-refractivity contribution in [2.75, 3.05) is 18.1 Å². The Kier molecular flexibility index (Phi) is 5.58. The zero-order chi connectivity index (χ0) is 25.2. The molecule has 2 saturated heterocycles. The lowest BCUT2D eigenvalue weighted by Gasteiger charge is -2.55. The molecule has 0 aliphatic carbocycles. The minimum Gasteiger partial charge on any atom is -0.393 e. The fourth-order valence-electron chi connectivity index (χ4n) is 5.25. The number of carbonyl (C=O) groups is 3. The number of ether oxygens (including phenoxy) is 1. The number of barbiturate groups is 1. The van der Waals surface area contributed by atoms with Crippen molar-refractivity contribution in [3.05, 3.63) is 28.3 Å². The molecule has 3 aliphatic rings. The van der Waals surface area contributed by atoms with E-state index in [1.165, 1.54) is 11.0 Å². The van der Waals surface area contributed by atoms with Crippen molar-refractivity contribution in [1.82, 2.24) is 20.8 Å². The van der Waals surface area contributed by atoms with Gasteiger partial charge in [0.05, 0.1) is 36.1 Å². The van der Waals surface area contributed by atoms with Crippen LogP contribution in [-0.2, 0) is 20.7 Å². The molecule has 4 atom stereocenters. The van der Waals surface area contributed by atoms with Gasteiger partial charge >= 0.3 is 6.03 Å². The van der Waals surface area contributed by atoms with Crippen molar-refractivity contribution < 1.29 is 38.1 Å². The van der Waals surface area contributed by atoms with Crippen LogP contribution >= 0.6 is 11.3 Å². The van der Waals surface area contributed by atoms with E-state index in [1.54, 1.807) is 13.8 Å². The number of urea groups is 1. The monoisotopic (exact) mass is 509 g/mol. The van der Waals surface area contributed by atoms with E-state index >= 15 is 8.78 Å². The van der Waals surface area contributed by atoms with Crippen LogP contribution in [0.4, 0.5) is 19.3 Å². The van der Waals surface area contributed by atoms with Crippen molar-refractivity contribution >= 4 is 34.9 Å². The Labute approximate surface area is 201 Å². The molecule has 0 saturated carbocycles. The highest BCUT2D eigenvalue weighted by Crippen LogP contribution is 2.49. The number of anilines is 1. The van der Waals surface area contributed by atoms with Gasteiger partial charge in [-0.1, -0.05) is 11.3 Å². The van der Waals surface area contributed by atoms with E-state index in [1.807, 2.05) is 0 Å². The maximum absolute atomic E-state index is 15.7. The molecule has 4 amide bonds. The SMILES string of the molecule is CC1CN2c3c(cc(-c4nnc([C@@H](O)CO)s4)c(F)c3F)CC3(C(=O)NC(=O)NC3=O)C2C(C)O1. The second-order valence-corrected chi connectivity index (χ2v) is 9.85. The third kappa shape index (κ3) is 3.43. The Bertz CT molecular complexity index is 1240. The van der Waals surface area contributed by atoms with Gasteiger partial charge in [0.2, 0.25) is 11.8 Å². The smallest absolute Gasteiger partial charge is 0.328 e. The fraction of sp³-hybridized carbons (Fsp3) is 0.476. The number of nitrogens with one attached hydrogen (secondary N) is 2. The van der Waals surface area contributed by atoms with Crippen LogP contribution in [0.1, 0.15) is 30.5 Å². The number of aliphatic hydroxyl groups is 2. The Balaban J connectivity index is 1.70. The predicted molar refractivity (Wildman–Crippen MR) is 116 cm³/mol. The summed E-state index contributed by atoms with van der Waals surface area (Å²) >= 11 is 0.769. The van der Waals surface area contributed by atoms with Crippen LogP contribution in [0.2, 0.25) is 0 Å². The molecule has 0 radical (unpaired) electrons. The number of hydrogen-bond donors (Lipinski definition) is 4. The number of carbonyl (C=O) groups excluding carboxylic acids is 3. The topological polar surface area (TPSA) is 154 Å². The van der Waals surface area contributed by atoms with Crippen molar-refractivity contribution in [3.8, 4) is 10.6 Å². The van der Waals surface area contributed by atoms with Crippen LogP contribution in [-0.4, -0.2) is 69.7 Å². The normalized spacial score (nSPS) is 26.2. The quantitative estimate of drug-likeness (QED) is 0.431. The second kappa shape index (κ2) is 8.26. The van der Waals surface area contributed by atoms with Crippen LogP contribution in [0.25, 0.3) is 10.6 Å². The van der Waals surface area contributed by atoms with Gasteiger partial charge in [0.1, 0.15) is 11.1 Å². The first-order valence-corrected chi connectivity index (χ1v) is 11.6. The second-order valence-electron chi connectivity index (χ2n) is 8.84. The van der Waals surface area contributed by atoms with E-state index in [-0.39, 0.29) is 39.8 Å². The summed E-state index contributed by atoms with van der Waals surface area (Å²) in [6, 6.07) is -0.675. The molecule has 1 spiro atoms. The number of hydrogen-bond acceptors (Lipinski definition) is 10. The highest BCUT2D eigenvalue weighted by molar-refractivity contribution is 7.14. The minimum absolute atomic E-state index is 0.0111. The number of benzene rings is 1. The van der Waals surface area contributed by atoms with Crippen LogP contribution in [0.3, 0.4) is 0 Å². The van der Waals surface area contributed by atoms with E-state index < -0.39 is 65.9 Å². The van der Waals surface area contributed by atoms with Crippen molar-refractivity contribution in [2.24, 2.45) is 5.41 Å². The largest absolute Gasteiger partial charge is 0.393 e. The zero-order valence-electron chi connectivity index (χ0n) is 18.5. The highest BCUT2D eigenvalue weighted by atomic mass is 32.1. The molecule has 4 heterocycles. The van der Waals surface area contributed by atoms with Gasteiger partial charge in [-0.3, -0.25) is 20.2 Å². The summed E-state index contributed by atoms with van der Waals surface area (Å²) in [6.45, 7) is 2.81. The van der Waals surface area contributed by atoms with Crippen molar-refractivity contribution in [2.45, 2.75) is 44.6 Å². The molecule has 5 rings (SSSR count). The Morgan fingerprint density at radius 3 is 2.57 bits per heavy atom. The molecule has 1 aromatic carbocycles. The average molecular weight is 509 g/mol. The first-order chi connectivity index (χ1) is 16.6. The Hall–Kier alpha value is -3.07. The lowest BCUT2D eigenvalue weighted by molar-refractivity contribution is -0.153. The molecule has 11 nitrogen and oxygen atoms in total. The van der Waals surface area contributed by atoms with Gasteiger partial charge in [0.25, 0.3) is 0 Å². The first kappa shape index (κ1) is 23.7. The number of fused-ring (bicyclic) bond motifs is 4. The lowest BCUT2D eigenvalue weighted by Crippen LogP contribution is -2.75. The first-order valence-electron chi connectivity index (χ1n) is 10.8. The number of rotatable bonds is 3. The molecular weight excluding hydrogens is 488 g/mol. The molecule has 1 aromatic heterocycles. The highest BCUT2D eigenvalue weighted by Gasteiger charge is 2.63. The van der Waals surface area contributed by atoms with Crippen LogP contribution < -0.4 is 15.5 Å². The number of aliphatic hydroxyl groups excluding tert-OH is 2. The number of halogens is 2. The Morgan fingerprint density at radius 1 is 1.23 bits per heavy atom. The van der Waals surface area contributed by atoms with E-state index in [0.29, 0.717) is 0 Å². The molecule has 4 N–H and O–H groups in total. The van der Waals surface area contributed by atoms with Gasteiger partial charge < -0.3 is 19.8 Å². The van der Waals surface area contributed by atoms with E-state index in [2.05, 4.69) is 20.8 Å². The maximum atomic E-state index is 15.7. The summed E-state index contributed by atoms with van der Waals surface area (Å²) in [5, 5.41) is 30.7. The number of nitrogens with zero attached hydrogens (tertiary/aromatic N) is 3. The van der Waals surface area contributed by atoms with E-state index in [0.717, 1.165) is 11.3 Å².